The van der Waals surface area contributed by atoms with Gasteiger partial charge in [-0.1, -0.05) is 31.1 Å². The molecule has 2 aromatic rings. The average molecular weight is 281 g/mol. The molecule has 0 fully saturated rings. The van der Waals surface area contributed by atoms with E-state index in [-0.39, 0.29) is 10.8 Å². The standard InChI is InChI=1S/C11H15N5O2S/c1-8(2)9-4-6-10(7-5-9)19(17,18)14-11-12-15-16(3)13-11/h4-8H,1-3H3,(H,13,14). The zero-order valence-corrected chi connectivity index (χ0v) is 11.7. The lowest BCUT2D eigenvalue weighted by molar-refractivity contribution is 0.600. The molecule has 0 aliphatic carbocycles. The highest BCUT2D eigenvalue weighted by atomic mass is 32.2. The van der Waals surface area contributed by atoms with Crippen LogP contribution in [-0.2, 0) is 17.1 Å². The zero-order chi connectivity index (χ0) is 14.0. The van der Waals surface area contributed by atoms with Gasteiger partial charge in [-0.2, -0.15) is 4.80 Å². The van der Waals surface area contributed by atoms with Gasteiger partial charge in [-0.15, -0.1) is 5.10 Å². The molecule has 0 aliphatic heterocycles. The van der Waals surface area contributed by atoms with Gasteiger partial charge in [0.2, 0.25) is 0 Å². The minimum Gasteiger partial charge on any atom is -0.245 e. The minimum atomic E-state index is -3.67. The predicted octanol–water partition coefficient (Wildman–Crippen LogP) is 1.13. The number of anilines is 1. The van der Waals surface area contributed by atoms with Gasteiger partial charge in [0.15, 0.2) is 0 Å². The normalized spacial score (nSPS) is 11.8. The van der Waals surface area contributed by atoms with E-state index in [1.54, 1.807) is 31.3 Å². The number of rotatable bonds is 4. The van der Waals surface area contributed by atoms with Gasteiger partial charge >= 0.3 is 0 Å². The van der Waals surface area contributed by atoms with Crippen molar-refractivity contribution in [2.75, 3.05) is 4.72 Å². The Bertz CT molecular complexity index is 661. The Labute approximate surface area is 111 Å². The third-order valence-electron chi connectivity index (χ3n) is 2.59. The first-order chi connectivity index (χ1) is 8.88. The molecule has 2 rings (SSSR count). The van der Waals surface area contributed by atoms with Gasteiger partial charge in [0, 0.05) is 0 Å². The summed E-state index contributed by atoms with van der Waals surface area (Å²) in [4.78, 5) is 1.35. The van der Waals surface area contributed by atoms with E-state index in [0.717, 1.165) is 5.56 Å². The fourth-order valence-corrected chi connectivity index (χ4v) is 2.47. The van der Waals surface area contributed by atoms with E-state index < -0.39 is 10.0 Å². The van der Waals surface area contributed by atoms with Crippen molar-refractivity contribution in [1.29, 1.82) is 0 Å². The van der Waals surface area contributed by atoms with Crippen LogP contribution in [0.2, 0.25) is 0 Å². The summed E-state index contributed by atoms with van der Waals surface area (Å²) in [6, 6.07) is 6.72. The highest BCUT2D eigenvalue weighted by molar-refractivity contribution is 7.92. The van der Waals surface area contributed by atoms with Crippen LogP contribution in [0.4, 0.5) is 5.95 Å². The van der Waals surface area contributed by atoms with Crippen molar-refractivity contribution >= 4 is 16.0 Å². The number of benzene rings is 1. The molecule has 1 heterocycles. The van der Waals surface area contributed by atoms with Gasteiger partial charge in [0.1, 0.15) is 0 Å². The molecule has 0 unspecified atom stereocenters. The second kappa shape index (κ2) is 4.96. The van der Waals surface area contributed by atoms with Crippen LogP contribution < -0.4 is 4.72 Å². The summed E-state index contributed by atoms with van der Waals surface area (Å²) < 4.78 is 26.4. The number of hydrogen-bond donors (Lipinski definition) is 1. The van der Waals surface area contributed by atoms with Crippen LogP contribution >= 0.6 is 0 Å². The SMILES string of the molecule is CC(C)c1ccc(S(=O)(=O)Nc2nnn(C)n2)cc1. The second-order valence-corrected chi connectivity index (χ2v) is 6.11. The fourth-order valence-electron chi connectivity index (χ4n) is 1.54. The van der Waals surface area contributed by atoms with Gasteiger partial charge < -0.3 is 0 Å². The van der Waals surface area contributed by atoms with E-state index in [9.17, 15) is 8.42 Å². The topological polar surface area (TPSA) is 89.8 Å². The van der Waals surface area contributed by atoms with E-state index >= 15 is 0 Å². The number of hydrogen-bond acceptors (Lipinski definition) is 5. The Morgan fingerprint density at radius 3 is 2.32 bits per heavy atom. The summed E-state index contributed by atoms with van der Waals surface area (Å²) >= 11 is 0. The van der Waals surface area contributed by atoms with Crippen molar-refractivity contribution in [3.05, 3.63) is 29.8 Å². The highest BCUT2D eigenvalue weighted by Gasteiger charge is 2.16. The second-order valence-electron chi connectivity index (χ2n) is 4.43. The average Bonchev–Trinajstić information content (AvgIpc) is 2.74. The number of nitrogens with one attached hydrogen (secondary N) is 1. The quantitative estimate of drug-likeness (QED) is 0.907. The number of nitrogens with zero attached hydrogens (tertiary/aromatic N) is 4. The monoisotopic (exact) mass is 281 g/mol. The van der Waals surface area contributed by atoms with E-state index in [2.05, 4.69) is 20.1 Å². The molecule has 1 aromatic heterocycles. The summed E-state index contributed by atoms with van der Waals surface area (Å²) in [6.07, 6.45) is 0. The molecule has 8 heteroatoms. The Kier molecular flexibility index (Phi) is 3.52. The van der Waals surface area contributed by atoms with E-state index in [1.807, 2.05) is 13.8 Å². The van der Waals surface area contributed by atoms with Crippen LogP contribution in [0.3, 0.4) is 0 Å². The van der Waals surface area contributed by atoms with Crippen LogP contribution in [-0.4, -0.2) is 28.6 Å². The maximum absolute atomic E-state index is 12.1. The lowest BCUT2D eigenvalue weighted by Gasteiger charge is -2.07. The summed E-state index contributed by atoms with van der Waals surface area (Å²) in [5.74, 6) is 0.307. The molecule has 1 N–H and O–H groups in total. The van der Waals surface area contributed by atoms with Crippen LogP contribution in [0, 0.1) is 0 Å². The molecular formula is C11H15N5O2S. The molecule has 7 nitrogen and oxygen atoms in total. The maximum atomic E-state index is 12.1. The molecule has 0 atom stereocenters. The molecule has 0 spiro atoms. The maximum Gasteiger partial charge on any atom is 0.277 e. The number of tetrazole rings is 1. The molecule has 102 valence electrons. The van der Waals surface area contributed by atoms with Crippen molar-refractivity contribution in [3.63, 3.8) is 0 Å². The lowest BCUT2D eigenvalue weighted by atomic mass is 10.0. The van der Waals surface area contributed by atoms with E-state index in [1.165, 1.54) is 4.80 Å². The lowest BCUT2D eigenvalue weighted by Crippen LogP contribution is -2.14. The summed E-state index contributed by atoms with van der Waals surface area (Å²) in [6.45, 7) is 4.09. The molecule has 0 saturated heterocycles. The number of aromatic nitrogens is 4. The fraction of sp³-hybridized carbons (Fsp3) is 0.364. The Morgan fingerprint density at radius 2 is 1.84 bits per heavy atom. The molecule has 0 saturated carbocycles. The third kappa shape index (κ3) is 3.08. The molecule has 0 radical (unpaired) electrons. The molecule has 0 bridgehead atoms. The smallest absolute Gasteiger partial charge is 0.245 e. The Hall–Kier alpha value is -1.96. The zero-order valence-electron chi connectivity index (χ0n) is 10.9. The van der Waals surface area contributed by atoms with Crippen molar-refractivity contribution in [1.82, 2.24) is 20.2 Å². The van der Waals surface area contributed by atoms with Gasteiger partial charge in [-0.3, -0.25) is 0 Å². The van der Waals surface area contributed by atoms with E-state index in [0.29, 0.717) is 5.92 Å². The van der Waals surface area contributed by atoms with Crippen LogP contribution in [0.25, 0.3) is 0 Å². The van der Waals surface area contributed by atoms with Crippen molar-refractivity contribution in [3.8, 4) is 0 Å². The first kappa shape index (κ1) is 13.5. The number of sulfonamides is 1. The van der Waals surface area contributed by atoms with Crippen molar-refractivity contribution in [2.45, 2.75) is 24.7 Å². The van der Waals surface area contributed by atoms with E-state index in [4.69, 9.17) is 0 Å². The molecule has 1 aromatic carbocycles. The number of aryl methyl sites for hydroxylation is 1. The summed E-state index contributed by atoms with van der Waals surface area (Å²) in [7, 11) is -2.11. The molecule has 0 amide bonds. The van der Waals surface area contributed by atoms with Gasteiger partial charge in [-0.05, 0) is 28.8 Å². The minimum absolute atomic E-state index is 0.0459. The molecule has 19 heavy (non-hydrogen) atoms. The van der Waals surface area contributed by atoms with Crippen molar-refractivity contribution < 1.29 is 8.42 Å². The third-order valence-corrected chi connectivity index (χ3v) is 3.94. The van der Waals surface area contributed by atoms with Crippen molar-refractivity contribution in [2.24, 2.45) is 7.05 Å². The van der Waals surface area contributed by atoms with Gasteiger partial charge in [0.25, 0.3) is 16.0 Å². The van der Waals surface area contributed by atoms with Crippen LogP contribution in [0.5, 0.6) is 0 Å². The largest absolute Gasteiger partial charge is 0.277 e. The Balaban J connectivity index is 2.24. The summed E-state index contributed by atoms with van der Waals surface area (Å²) in [5.41, 5.74) is 1.08. The van der Waals surface area contributed by atoms with Gasteiger partial charge in [-0.25, -0.2) is 13.1 Å². The van der Waals surface area contributed by atoms with Gasteiger partial charge in [0.05, 0.1) is 11.9 Å². The van der Waals surface area contributed by atoms with Crippen LogP contribution in [0.1, 0.15) is 25.3 Å². The van der Waals surface area contributed by atoms with Crippen LogP contribution in [0.15, 0.2) is 29.2 Å². The first-order valence-corrected chi connectivity index (χ1v) is 7.23. The molecular weight excluding hydrogens is 266 g/mol. The first-order valence-electron chi connectivity index (χ1n) is 5.75. The highest BCUT2D eigenvalue weighted by Crippen LogP contribution is 2.18. The summed E-state index contributed by atoms with van der Waals surface area (Å²) in [5, 5.41) is 10.9. The Morgan fingerprint density at radius 1 is 1.21 bits per heavy atom. The predicted molar refractivity (Wildman–Crippen MR) is 70.1 cm³/mol. The molecule has 0 aliphatic rings.